The van der Waals surface area contributed by atoms with Crippen LogP contribution in [0.4, 0.5) is 10.1 Å². The van der Waals surface area contributed by atoms with Crippen molar-refractivity contribution in [1.29, 1.82) is 0 Å². The molecule has 0 bridgehead atoms. The Morgan fingerprint density at radius 1 is 1.11 bits per heavy atom. The van der Waals surface area contributed by atoms with Crippen LogP contribution in [0.1, 0.15) is 35.4 Å². The fraction of sp³-hybridized carbons (Fsp3) is 0.121. The first-order valence-electron chi connectivity index (χ1n) is 13.6. The smallest absolute Gasteiger partial charge is 0.338 e. The van der Waals surface area contributed by atoms with Crippen LogP contribution in [-0.4, -0.2) is 22.1 Å². The van der Waals surface area contributed by atoms with Crippen molar-refractivity contribution in [1.82, 2.24) is 4.57 Å². The predicted molar refractivity (Wildman–Crippen MR) is 163 cm³/mol. The molecule has 5 aromatic rings. The second kappa shape index (κ2) is 11.7. The van der Waals surface area contributed by atoms with Crippen molar-refractivity contribution in [2.24, 2.45) is 4.99 Å². The molecule has 2 aromatic heterocycles. The Labute approximate surface area is 253 Å². The molecular formula is C33H24FN3O6S. The number of ether oxygens (including phenoxy) is 1. The largest absolute Gasteiger partial charge is 0.463 e. The number of fused-ring (bicyclic) bond motifs is 1. The van der Waals surface area contributed by atoms with E-state index in [4.69, 9.17) is 14.1 Å². The summed E-state index contributed by atoms with van der Waals surface area (Å²) < 4.78 is 27.2. The van der Waals surface area contributed by atoms with E-state index in [9.17, 15) is 24.1 Å². The highest BCUT2D eigenvalue weighted by Crippen LogP contribution is 2.35. The van der Waals surface area contributed by atoms with E-state index in [0.29, 0.717) is 48.8 Å². The van der Waals surface area contributed by atoms with Crippen LogP contribution in [0.5, 0.6) is 0 Å². The lowest BCUT2D eigenvalue weighted by molar-refractivity contribution is -0.384. The zero-order chi connectivity index (χ0) is 31.0. The van der Waals surface area contributed by atoms with Crippen molar-refractivity contribution in [3.63, 3.8) is 0 Å². The van der Waals surface area contributed by atoms with Crippen LogP contribution in [0, 0.1) is 22.9 Å². The predicted octanol–water partition coefficient (Wildman–Crippen LogP) is 5.55. The van der Waals surface area contributed by atoms with Gasteiger partial charge < -0.3 is 9.15 Å². The van der Waals surface area contributed by atoms with Crippen LogP contribution in [0.2, 0.25) is 0 Å². The lowest BCUT2D eigenvalue weighted by Gasteiger charge is -2.25. The topological polar surface area (TPSA) is 117 Å². The molecule has 3 aromatic carbocycles. The molecule has 0 spiro atoms. The Bertz CT molecular complexity index is 2130. The van der Waals surface area contributed by atoms with Crippen LogP contribution >= 0.6 is 11.3 Å². The van der Waals surface area contributed by atoms with Gasteiger partial charge >= 0.3 is 5.97 Å². The number of carbonyl (C=O) groups is 1. The van der Waals surface area contributed by atoms with E-state index in [1.807, 2.05) is 30.3 Å². The first-order chi connectivity index (χ1) is 21.2. The van der Waals surface area contributed by atoms with Gasteiger partial charge in [-0.1, -0.05) is 53.8 Å². The molecule has 220 valence electrons. The normalized spacial score (nSPS) is 14.7. The highest BCUT2D eigenvalue weighted by atomic mass is 32.1. The van der Waals surface area contributed by atoms with Crippen LogP contribution in [-0.2, 0) is 9.53 Å². The number of hydrogen-bond acceptors (Lipinski definition) is 8. The number of thiazole rings is 1. The first-order valence-corrected chi connectivity index (χ1v) is 14.5. The minimum atomic E-state index is -0.932. The van der Waals surface area contributed by atoms with Crippen molar-refractivity contribution in [3.05, 3.63) is 149 Å². The molecule has 0 saturated heterocycles. The molecule has 9 nitrogen and oxygen atoms in total. The number of non-ortho nitro benzene ring substituents is 1. The molecule has 6 rings (SSSR count). The quantitative estimate of drug-likeness (QED) is 0.136. The van der Waals surface area contributed by atoms with Gasteiger partial charge in [-0.3, -0.25) is 19.5 Å². The van der Waals surface area contributed by atoms with Gasteiger partial charge in [0.05, 0.1) is 33.4 Å². The van der Waals surface area contributed by atoms with Crippen LogP contribution in [0.25, 0.3) is 23.1 Å². The molecule has 0 radical (unpaired) electrons. The monoisotopic (exact) mass is 609 g/mol. The SMILES string of the molecule is CCOC(=O)C1=C(c2ccccc2)N=c2s/c(=C\c3ccc(-c4ccc([N+](=O)[O-])cc4C)o3)c(=O)n2[C@@H]1c1ccc(F)cc1. The van der Waals surface area contributed by atoms with E-state index in [2.05, 4.69) is 0 Å². The average molecular weight is 610 g/mol. The van der Waals surface area contributed by atoms with Gasteiger partial charge in [-0.05, 0) is 55.3 Å². The Kier molecular flexibility index (Phi) is 7.62. The number of nitro benzene ring substituents is 1. The van der Waals surface area contributed by atoms with Crippen LogP contribution < -0.4 is 14.9 Å². The number of esters is 1. The van der Waals surface area contributed by atoms with Crippen LogP contribution in [0.3, 0.4) is 0 Å². The number of aromatic nitrogens is 1. The van der Waals surface area contributed by atoms with E-state index in [1.54, 1.807) is 38.1 Å². The summed E-state index contributed by atoms with van der Waals surface area (Å²) in [6, 6.07) is 21.7. The van der Waals surface area contributed by atoms with E-state index in [-0.39, 0.29) is 17.9 Å². The molecule has 0 aliphatic carbocycles. The second-order valence-corrected chi connectivity index (χ2v) is 11.0. The Balaban J connectivity index is 1.52. The summed E-state index contributed by atoms with van der Waals surface area (Å²) in [5.41, 5.74) is 2.61. The van der Waals surface area contributed by atoms with Gasteiger partial charge in [-0.25, -0.2) is 14.2 Å². The third kappa shape index (κ3) is 5.29. The zero-order valence-electron chi connectivity index (χ0n) is 23.5. The number of halogens is 1. The summed E-state index contributed by atoms with van der Waals surface area (Å²) in [5.74, 6) is -0.221. The summed E-state index contributed by atoms with van der Waals surface area (Å²) in [7, 11) is 0. The molecule has 0 fully saturated rings. The van der Waals surface area contributed by atoms with Gasteiger partial charge in [0.1, 0.15) is 17.3 Å². The fourth-order valence-corrected chi connectivity index (χ4v) is 6.12. The Morgan fingerprint density at radius 2 is 1.86 bits per heavy atom. The van der Waals surface area contributed by atoms with Crippen molar-refractivity contribution in [2.45, 2.75) is 19.9 Å². The molecule has 0 saturated carbocycles. The van der Waals surface area contributed by atoms with Gasteiger partial charge in [0.25, 0.3) is 11.2 Å². The molecule has 1 aliphatic rings. The van der Waals surface area contributed by atoms with Gasteiger partial charge in [0.15, 0.2) is 4.80 Å². The number of benzene rings is 3. The van der Waals surface area contributed by atoms with Crippen molar-refractivity contribution in [2.75, 3.05) is 6.61 Å². The average Bonchev–Trinajstić information content (AvgIpc) is 3.61. The third-order valence-corrected chi connectivity index (χ3v) is 8.13. The number of rotatable bonds is 7. The maximum absolute atomic E-state index is 14.0. The summed E-state index contributed by atoms with van der Waals surface area (Å²) in [4.78, 5) is 43.3. The van der Waals surface area contributed by atoms with Crippen LogP contribution in [0.15, 0.2) is 105 Å². The maximum atomic E-state index is 14.0. The number of carbonyl (C=O) groups excluding carboxylic acids is 1. The number of hydrogen-bond donors (Lipinski definition) is 0. The van der Waals surface area contributed by atoms with Gasteiger partial charge in [0.2, 0.25) is 0 Å². The van der Waals surface area contributed by atoms with Gasteiger partial charge in [-0.2, -0.15) is 0 Å². The molecule has 44 heavy (non-hydrogen) atoms. The molecule has 0 N–H and O–H groups in total. The molecule has 3 heterocycles. The molecule has 0 amide bonds. The molecule has 1 aliphatic heterocycles. The number of furan rings is 1. The Morgan fingerprint density at radius 3 is 2.55 bits per heavy atom. The van der Waals surface area contributed by atoms with E-state index in [1.165, 1.54) is 41.0 Å². The fourth-order valence-electron chi connectivity index (χ4n) is 5.14. The van der Waals surface area contributed by atoms with E-state index in [0.717, 1.165) is 11.3 Å². The van der Waals surface area contributed by atoms with Crippen molar-refractivity contribution >= 4 is 34.8 Å². The van der Waals surface area contributed by atoms with Crippen molar-refractivity contribution in [3.8, 4) is 11.3 Å². The summed E-state index contributed by atoms with van der Waals surface area (Å²) in [5, 5.41) is 11.1. The minimum Gasteiger partial charge on any atom is -0.463 e. The minimum absolute atomic E-state index is 0.0214. The summed E-state index contributed by atoms with van der Waals surface area (Å²) >= 11 is 1.13. The van der Waals surface area contributed by atoms with Crippen molar-refractivity contribution < 1.29 is 23.3 Å². The zero-order valence-corrected chi connectivity index (χ0v) is 24.3. The Hall–Kier alpha value is -5.42. The van der Waals surface area contributed by atoms with Gasteiger partial charge in [0, 0.05) is 29.3 Å². The summed E-state index contributed by atoms with van der Waals surface area (Å²) in [6.45, 7) is 3.56. The molecule has 1 atom stereocenters. The number of nitrogens with zero attached hydrogens (tertiary/aromatic N) is 3. The standard InChI is InChI=1S/C33H24FN3O6S/c1-3-42-32(39)28-29(20-7-5-4-6-8-20)35-33-36(30(28)21-9-11-22(34)12-10-21)31(38)27(44-33)18-24-14-16-26(43-24)25-15-13-23(37(40)41)17-19(25)2/h4-18,30H,3H2,1-2H3/b27-18-/t30-/m1/s1. The highest BCUT2D eigenvalue weighted by Gasteiger charge is 2.35. The highest BCUT2D eigenvalue weighted by molar-refractivity contribution is 7.07. The number of aryl methyl sites for hydroxylation is 1. The van der Waals surface area contributed by atoms with Gasteiger partial charge in [-0.15, -0.1) is 0 Å². The second-order valence-electron chi connectivity index (χ2n) is 9.94. The van der Waals surface area contributed by atoms with E-state index < -0.39 is 28.3 Å². The molecular weight excluding hydrogens is 585 g/mol. The molecule has 11 heteroatoms. The first kappa shape index (κ1) is 28.7. The maximum Gasteiger partial charge on any atom is 0.338 e. The van der Waals surface area contributed by atoms with E-state index >= 15 is 0 Å². The molecule has 0 unspecified atom stereocenters. The lowest BCUT2D eigenvalue weighted by atomic mass is 9.93. The lowest BCUT2D eigenvalue weighted by Crippen LogP contribution is -2.40. The summed E-state index contributed by atoms with van der Waals surface area (Å²) in [6.07, 6.45) is 1.59. The third-order valence-electron chi connectivity index (χ3n) is 7.15. The number of nitro groups is 1.